The number of nitrogen functional groups attached to an aromatic ring is 1. The fourth-order valence-electron chi connectivity index (χ4n) is 2.82. The zero-order valence-corrected chi connectivity index (χ0v) is 12.4. The number of benzene rings is 2. The highest BCUT2D eigenvalue weighted by Crippen LogP contribution is 2.24. The molecule has 3 nitrogen and oxygen atoms in total. The Balaban J connectivity index is 1.73. The summed E-state index contributed by atoms with van der Waals surface area (Å²) in [5.74, 6) is -0.153. The van der Waals surface area contributed by atoms with E-state index in [2.05, 4.69) is 23.5 Å². The van der Waals surface area contributed by atoms with E-state index in [1.807, 2.05) is 6.07 Å². The molecule has 0 radical (unpaired) electrons. The zero-order valence-electron chi connectivity index (χ0n) is 11.6. The molecule has 2 aromatic carbocycles. The van der Waals surface area contributed by atoms with Gasteiger partial charge in [-0.15, -0.1) is 0 Å². The maximum atomic E-state index is 12.3. The van der Waals surface area contributed by atoms with Gasteiger partial charge in [0.15, 0.2) is 0 Å². The Bertz CT molecular complexity index is 684. The Hall–Kier alpha value is -2.00. The number of carbonyl (C=O) groups is 1. The summed E-state index contributed by atoms with van der Waals surface area (Å²) in [4.78, 5) is 12.3. The molecule has 4 heteroatoms. The highest BCUT2D eigenvalue weighted by Gasteiger charge is 2.21. The molecule has 0 saturated carbocycles. The van der Waals surface area contributed by atoms with Crippen LogP contribution in [-0.2, 0) is 12.8 Å². The molecule has 1 aliphatic carbocycles. The zero-order chi connectivity index (χ0) is 14.8. The number of hydrogen-bond donors (Lipinski definition) is 2. The molecule has 0 heterocycles. The van der Waals surface area contributed by atoms with Crippen molar-refractivity contribution >= 4 is 23.2 Å². The standard InChI is InChI=1S/C17H17ClN2O/c18-15-7-3-6-14(16(15)19)17(21)20-13-9-8-11-4-1-2-5-12(11)10-13/h1-7,13H,8-10,19H2,(H,20,21). The summed E-state index contributed by atoms with van der Waals surface area (Å²) < 4.78 is 0. The summed E-state index contributed by atoms with van der Waals surface area (Å²) in [6.45, 7) is 0. The Morgan fingerprint density at radius 1 is 1.14 bits per heavy atom. The van der Waals surface area contributed by atoms with Crippen LogP contribution in [0.4, 0.5) is 5.69 Å². The van der Waals surface area contributed by atoms with Crippen molar-refractivity contribution in [3.05, 3.63) is 64.2 Å². The van der Waals surface area contributed by atoms with E-state index in [1.54, 1.807) is 18.2 Å². The third kappa shape index (κ3) is 2.88. The first-order chi connectivity index (χ1) is 10.1. The summed E-state index contributed by atoms with van der Waals surface area (Å²) in [6, 6.07) is 13.7. The topological polar surface area (TPSA) is 55.1 Å². The lowest BCUT2D eigenvalue weighted by Gasteiger charge is -2.25. The van der Waals surface area contributed by atoms with Gasteiger partial charge in [-0.25, -0.2) is 0 Å². The quantitative estimate of drug-likeness (QED) is 0.837. The van der Waals surface area contributed by atoms with Crippen LogP contribution < -0.4 is 11.1 Å². The van der Waals surface area contributed by atoms with Gasteiger partial charge in [0, 0.05) is 6.04 Å². The average molecular weight is 301 g/mol. The summed E-state index contributed by atoms with van der Waals surface area (Å²) in [5.41, 5.74) is 9.35. The number of para-hydroxylation sites is 1. The first-order valence-electron chi connectivity index (χ1n) is 7.07. The normalized spacial score (nSPS) is 17.1. The van der Waals surface area contributed by atoms with Gasteiger partial charge in [-0.05, 0) is 42.5 Å². The van der Waals surface area contributed by atoms with Gasteiger partial charge in [0.05, 0.1) is 16.3 Å². The summed E-state index contributed by atoms with van der Waals surface area (Å²) in [7, 11) is 0. The van der Waals surface area contributed by atoms with E-state index in [9.17, 15) is 4.79 Å². The summed E-state index contributed by atoms with van der Waals surface area (Å²) in [5, 5.41) is 3.48. The van der Waals surface area contributed by atoms with Crippen molar-refractivity contribution in [2.75, 3.05) is 5.73 Å². The number of aryl methyl sites for hydroxylation is 1. The van der Waals surface area contributed by atoms with Crippen molar-refractivity contribution in [2.45, 2.75) is 25.3 Å². The second-order valence-electron chi connectivity index (χ2n) is 5.38. The van der Waals surface area contributed by atoms with Gasteiger partial charge >= 0.3 is 0 Å². The van der Waals surface area contributed by atoms with Crippen LogP contribution >= 0.6 is 11.6 Å². The van der Waals surface area contributed by atoms with Gasteiger partial charge in [-0.3, -0.25) is 4.79 Å². The van der Waals surface area contributed by atoms with Crippen molar-refractivity contribution < 1.29 is 4.79 Å². The smallest absolute Gasteiger partial charge is 0.253 e. The first-order valence-corrected chi connectivity index (χ1v) is 7.44. The predicted molar refractivity (Wildman–Crippen MR) is 85.6 cm³/mol. The van der Waals surface area contributed by atoms with E-state index in [1.165, 1.54) is 11.1 Å². The van der Waals surface area contributed by atoms with Gasteiger partial charge in [-0.2, -0.15) is 0 Å². The lowest BCUT2D eigenvalue weighted by Crippen LogP contribution is -2.39. The average Bonchev–Trinajstić information content (AvgIpc) is 2.50. The molecule has 1 amide bonds. The number of nitrogens with two attached hydrogens (primary N) is 1. The number of anilines is 1. The number of rotatable bonds is 2. The molecule has 0 spiro atoms. The van der Waals surface area contributed by atoms with Gasteiger partial charge < -0.3 is 11.1 Å². The second kappa shape index (κ2) is 5.78. The van der Waals surface area contributed by atoms with E-state index < -0.39 is 0 Å². The van der Waals surface area contributed by atoms with Crippen LogP contribution in [0.3, 0.4) is 0 Å². The molecule has 1 atom stereocenters. The van der Waals surface area contributed by atoms with Crippen LogP contribution in [0.5, 0.6) is 0 Å². The number of fused-ring (bicyclic) bond motifs is 1. The molecule has 3 rings (SSSR count). The molecule has 3 N–H and O–H groups in total. The van der Waals surface area contributed by atoms with E-state index in [-0.39, 0.29) is 11.9 Å². The Kier molecular flexibility index (Phi) is 3.84. The highest BCUT2D eigenvalue weighted by molar-refractivity contribution is 6.33. The van der Waals surface area contributed by atoms with Crippen molar-refractivity contribution in [3.63, 3.8) is 0 Å². The monoisotopic (exact) mass is 300 g/mol. The number of halogens is 1. The molecule has 0 aromatic heterocycles. The molecule has 108 valence electrons. The van der Waals surface area contributed by atoms with Gasteiger partial charge in [0.25, 0.3) is 5.91 Å². The highest BCUT2D eigenvalue weighted by atomic mass is 35.5. The first kappa shape index (κ1) is 14.0. The van der Waals surface area contributed by atoms with Gasteiger partial charge in [0.2, 0.25) is 0 Å². The van der Waals surface area contributed by atoms with Crippen molar-refractivity contribution in [3.8, 4) is 0 Å². The van der Waals surface area contributed by atoms with Gasteiger partial charge in [-0.1, -0.05) is 41.9 Å². The molecule has 1 unspecified atom stereocenters. The minimum atomic E-state index is -0.153. The molecule has 1 aliphatic rings. The fourth-order valence-corrected chi connectivity index (χ4v) is 2.99. The Morgan fingerprint density at radius 3 is 2.71 bits per heavy atom. The lowest BCUT2D eigenvalue weighted by atomic mass is 9.88. The van der Waals surface area contributed by atoms with Crippen LogP contribution in [0.2, 0.25) is 5.02 Å². The molecular formula is C17H17ClN2O. The molecule has 0 aliphatic heterocycles. The van der Waals surface area contributed by atoms with E-state index in [0.29, 0.717) is 16.3 Å². The lowest BCUT2D eigenvalue weighted by molar-refractivity contribution is 0.0934. The minimum Gasteiger partial charge on any atom is -0.397 e. The minimum absolute atomic E-state index is 0.144. The summed E-state index contributed by atoms with van der Waals surface area (Å²) in [6.07, 6.45) is 2.80. The predicted octanol–water partition coefficient (Wildman–Crippen LogP) is 3.21. The largest absolute Gasteiger partial charge is 0.397 e. The summed E-state index contributed by atoms with van der Waals surface area (Å²) >= 11 is 5.96. The number of hydrogen-bond acceptors (Lipinski definition) is 2. The van der Waals surface area contributed by atoms with Crippen LogP contribution in [0, 0.1) is 0 Å². The fraction of sp³-hybridized carbons (Fsp3) is 0.235. The van der Waals surface area contributed by atoms with Crippen molar-refractivity contribution in [1.29, 1.82) is 0 Å². The van der Waals surface area contributed by atoms with Gasteiger partial charge in [0.1, 0.15) is 0 Å². The Morgan fingerprint density at radius 2 is 1.90 bits per heavy atom. The van der Waals surface area contributed by atoms with E-state index in [0.717, 1.165) is 19.3 Å². The third-order valence-corrected chi connectivity index (χ3v) is 4.31. The molecule has 2 aromatic rings. The molecule has 0 saturated heterocycles. The van der Waals surface area contributed by atoms with Crippen LogP contribution in [0.25, 0.3) is 0 Å². The number of carbonyl (C=O) groups excluding carboxylic acids is 1. The van der Waals surface area contributed by atoms with Crippen molar-refractivity contribution in [1.82, 2.24) is 5.32 Å². The molecule has 0 bridgehead atoms. The number of nitrogens with one attached hydrogen (secondary N) is 1. The Labute approximate surface area is 129 Å². The third-order valence-electron chi connectivity index (χ3n) is 3.98. The second-order valence-corrected chi connectivity index (χ2v) is 5.79. The van der Waals surface area contributed by atoms with Crippen LogP contribution in [0.15, 0.2) is 42.5 Å². The molecular weight excluding hydrogens is 284 g/mol. The van der Waals surface area contributed by atoms with Crippen molar-refractivity contribution in [2.24, 2.45) is 0 Å². The SMILES string of the molecule is Nc1c(Cl)cccc1C(=O)NC1CCc2ccccc2C1. The number of amides is 1. The van der Waals surface area contributed by atoms with E-state index >= 15 is 0 Å². The molecule has 21 heavy (non-hydrogen) atoms. The maximum Gasteiger partial charge on any atom is 0.253 e. The van der Waals surface area contributed by atoms with Crippen LogP contribution in [-0.4, -0.2) is 11.9 Å². The molecule has 0 fully saturated rings. The van der Waals surface area contributed by atoms with Crippen LogP contribution in [0.1, 0.15) is 27.9 Å². The van der Waals surface area contributed by atoms with E-state index in [4.69, 9.17) is 17.3 Å². The maximum absolute atomic E-state index is 12.3.